The fourth-order valence-electron chi connectivity index (χ4n) is 3.18. The Morgan fingerprint density at radius 1 is 1.23 bits per heavy atom. The molecule has 1 fully saturated rings. The van der Waals surface area contributed by atoms with Gasteiger partial charge in [-0.1, -0.05) is 12.8 Å². The minimum Gasteiger partial charge on any atom is -0.493 e. The van der Waals surface area contributed by atoms with Crippen LogP contribution in [0.15, 0.2) is 18.2 Å². The van der Waals surface area contributed by atoms with Crippen molar-refractivity contribution in [2.75, 3.05) is 20.3 Å². The van der Waals surface area contributed by atoms with E-state index in [1.165, 1.54) is 7.11 Å². The summed E-state index contributed by atoms with van der Waals surface area (Å²) in [5.41, 5.74) is 6.04. The fraction of sp³-hybridized carbons (Fsp3) is 0.579. The van der Waals surface area contributed by atoms with Crippen LogP contribution < -0.4 is 25.8 Å². The van der Waals surface area contributed by atoms with Crippen molar-refractivity contribution in [3.8, 4) is 11.5 Å². The first-order valence-electron chi connectivity index (χ1n) is 9.02. The number of hydrogen-bond donors (Lipinski definition) is 3. The molecule has 0 spiro atoms. The highest BCUT2D eigenvalue weighted by atomic mass is 16.5. The summed E-state index contributed by atoms with van der Waals surface area (Å²) in [5.74, 6) is 0.426. The van der Waals surface area contributed by atoms with Gasteiger partial charge >= 0.3 is 0 Å². The van der Waals surface area contributed by atoms with Crippen molar-refractivity contribution in [3.63, 3.8) is 0 Å². The van der Waals surface area contributed by atoms with Crippen molar-refractivity contribution >= 4 is 11.8 Å². The van der Waals surface area contributed by atoms with Crippen molar-refractivity contribution in [1.29, 1.82) is 0 Å². The predicted octanol–water partition coefficient (Wildman–Crippen LogP) is 1.60. The number of nitrogens with two attached hydrogens (primary N) is 1. The molecule has 0 radical (unpaired) electrons. The van der Waals surface area contributed by atoms with E-state index in [0.717, 1.165) is 25.7 Å². The largest absolute Gasteiger partial charge is 0.493 e. The number of benzene rings is 1. The minimum absolute atomic E-state index is 0.0459. The number of carbonyl (C=O) groups is 2. The Morgan fingerprint density at radius 2 is 1.92 bits per heavy atom. The van der Waals surface area contributed by atoms with Gasteiger partial charge in [-0.2, -0.15) is 0 Å². The molecule has 144 valence electrons. The van der Waals surface area contributed by atoms with E-state index in [9.17, 15) is 9.59 Å². The number of rotatable bonds is 8. The molecule has 0 saturated heterocycles. The van der Waals surface area contributed by atoms with E-state index in [-0.39, 0.29) is 30.0 Å². The van der Waals surface area contributed by atoms with Crippen molar-refractivity contribution in [2.24, 2.45) is 5.73 Å². The maximum atomic E-state index is 12.6. The fourth-order valence-corrected chi connectivity index (χ4v) is 3.18. The third kappa shape index (κ3) is 5.11. The zero-order valence-corrected chi connectivity index (χ0v) is 15.8. The normalized spacial score (nSPS) is 15.6. The van der Waals surface area contributed by atoms with Gasteiger partial charge in [0.05, 0.1) is 12.6 Å². The van der Waals surface area contributed by atoms with Crippen LogP contribution in [0.4, 0.5) is 0 Å². The molecule has 1 aromatic carbocycles. The summed E-state index contributed by atoms with van der Waals surface area (Å²) in [6.45, 7) is 4.08. The van der Waals surface area contributed by atoms with Crippen LogP contribution in [0, 0.1) is 0 Å². The van der Waals surface area contributed by atoms with Gasteiger partial charge in [0.25, 0.3) is 11.8 Å². The quantitative estimate of drug-likeness (QED) is 0.651. The minimum atomic E-state index is -0.311. The maximum absolute atomic E-state index is 12.6. The lowest BCUT2D eigenvalue weighted by Gasteiger charge is -2.28. The van der Waals surface area contributed by atoms with Crippen molar-refractivity contribution < 1.29 is 19.1 Å². The molecule has 1 aromatic rings. The van der Waals surface area contributed by atoms with Crippen LogP contribution in [0.1, 0.15) is 49.9 Å². The van der Waals surface area contributed by atoms with Gasteiger partial charge in [0.1, 0.15) is 0 Å². The lowest BCUT2D eigenvalue weighted by Crippen LogP contribution is -2.51. The van der Waals surface area contributed by atoms with Crippen LogP contribution in [0.25, 0.3) is 0 Å². The number of amides is 2. The summed E-state index contributed by atoms with van der Waals surface area (Å²) in [5, 5.41) is 5.83. The summed E-state index contributed by atoms with van der Waals surface area (Å²) in [7, 11) is 1.50. The van der Waals surface area contributed by atoms with E-state index in [2.05, 4.69) is 10.6 Å². The molecule has 26 heavy (non-hydrogen) atoms. The summed E-state index contributed by atoms with van der Waals surface area (Å²) < 4.78 is 10.8. The Labute approximate surface area is 154 Å². The van der Waals surface area contributed by atoms with Gasteiger partial charge in [-0.25, -0.2) is 0 Å². The number of carbonyl (C=O) groups excluding carboxylic acids is 2. The summed E-state index contributed by atoms with van der Waals surface area (Å²) in [6.07, 6.45) is 3.95. The Morgan fingerprint density at radius 3 is 2.50 bits per heavy atom. The number of hydrogen-bond acceptors (Lipinski definition) is 5. The van der Waals surface area contributed by atoms with Gasteiger partial charge in [0.2, 0.25) is 0 Å². The zero-order valence-electron chi connectivity index (χ0n) is 15.8. The molecule has 2 amide bonds. The van der Waals surface area contributed by atoms with Crippen LogP contribution in [-0.2, 0) is 4.79 Å². The molecule has 0 aliphatic heterocycles. The third-order valence-electron chi connectivity index (χ3n) is 4.56. The number of nitrogens with one attached hydrogen (secondary N) is 2. The summed E-state index contributed by atoms with van der Waals surface area (Å²) >= 11 is 0. The molecular weight excluding hydrogens is 334 g/mol. The average Bonchev–Trinajstić information content (AvgIpc) is 3.08. The van der Waals surface area contributed by atoms with E-state index >= 15 is 0 Å². The molecule has 2 rings (SSSR count). The van der Waals surface area contributed by atoms with E-state index < -0.39 is 0 Å². The Kier molecular flexibility index (Phi) is 6.85. The van der Waals surface area contributed by atoms with E-state index in [0.29, 0.717) is 23.6 Å². The standard InChI is InChI=1S/C19H29N3O4/c1-13(2)21-17(23)11-26-15-7-6-14(10-16(15)25-3)18(24)22-19(12-20)8-4-5-9-19/h6-7,10,13H,4-5,8-9,11-12,20H2,1-3H3,(H,21,23)(H,22,24). The van der Waals surface area contributed by atoms with Gasteiger partial charge in [-0.05, 0) is 44.9 Å². The van der Waals surface area contributed by atoms with Crippen molar-refractivity contribution in [3.05, 3.63) is 23.8 Å². The lowest BCUT2D eigenvalue weighted by molar-refractivity contribution is -0.123. The zero-order chi connectivity index (χ0) is 19.2. The van der Waals surface area contributed by atoms with Gasteiger partial charge in [0.15, 0.2) is 18.1 Å². The Bertz CT molecular complexity index is 640. The number of ether oxygens (including phenoxy) is 2. The van der Waals surface area contributed by atoms with Crippen LogP contribution in [0.3, 0.4) is 0 Å². The Hall–Kier alpha value is -2.28. The highest BCUT2D eigenvalue weighted by Gasteiger charge is 2.34. The second kappa shape index (κ2) is 8.89. The van der Waals surface area contributed by atoms with Crippen molar-refractivity contribution in [1.82, 2.24) is 10.6 Å². The summed E-state index contributed by atoms with van der Waals surface area (Å²) in [4.78, 5) is 24.3. The maximum Gasteiger partial charge on any atom is 0.258 e. The first kappa shape index (κ1) is 20.0. The SMILES string of the molecule is COc1cc(C(=O)NC2(CN)CCCC2)ccc1OCC(=O)NC(C)C. The van der Waals surface area contributed by atoms with E-state index in [1.807, 2.05) is 13.8 Å². The van der Waals surface area contributed by atoms with Crippen LogP contribution in [0.2, 0.25) is 0 Å². The smallest absolute Gasteiger partial charge is 0.258 e. The van der Waals surface area contributed by atoms with Crippen LogP contribution in [0.5, 0.6) is 11.5 Å². The van der Waals surface area contributed by atoms with Gasteiger partial charge in [-0.15, -0.1) is 0 Å². The molecule has 1 saturated carbocycles. The van der Waals surface area contributed by atoms with Gasteiger partial charge in [0, 0.05) is 18.2 Å². The van der Waals surface area contributed by atoms with Crippen LogP contribution >= 0.6 is 0 Å². The third-order valence-corrected chi connectivity index (χ3v) is 4.56. The molecular formula is C19H29N3O4. The first-order chi connectivity index (χ1) is 12.4. The first-order valence-corrected chi connectivity index (χ1v) is 9.02. The molecule has 7 heteroatoms. The molecule has 0 aromatic heterocycles. The van der Waals surface area contributed by atoms with Crippen LogP contribution in [-0.4, -0.2) is 43.7 Å². The average molecular weight is 363 g/mol. The van der Waals surface area contributed by atoms with E-state index in [1.54, 1.807) is 18.2 Å². The molecule has 1 aliphatic rings. The molecule has 0 heterocycles. The molecule has 4 N–H and O–H groups in total. The topological polar surface area (TPSA) is 103 Å². The molecule has 1 aliphatic carbocycles. The number of methoxy groups -OCH3 is 1. The summed E-state index contributed by atoms with van der Waals surface area (Å²) in [6, 6.07) is 4.96. The molecule has 0 unspecified atom stereocenters. The van der Waals surface area contributed by atoms with E-state index in [4.69, 9.17) is 15.2 Å². The second-order valence-electron chi connectivity index (χ2n) is 7.02. The second-order valence-corrected chi connectivity index (χ2v) is 7.02. The molecule has 0 bridgehead atoms. The van der Waals surface area contributed by atoms with Crippen molar-refractivity contribution in [2.45, 2.75) is 51.1 Å². The highest BCUT2D eigenvalue weighted by molar-refractivity contribution is 5.95. The predicted molar refractivity (Wildman–Crippen MR) is 99.5 cm³/mol. The highest BCUT2D eigenvalue weighted by Crippen LogP contribution is 2.31. The molecule has 0 atom stereocenters. The lowest BCUT2D eigenvalue weighted by atomic mass is 9.97. The molecule has 7 nitrogen and oxygen atoms in total. The monoisotopic (exact) mass is 363 g/mol. The van der Waals surface area contributed by atoms with Gasteiger partial charge < -0.3 is 25.8 Å². The Balaban J connectivity index is 2.05. The van der Waals surface area contributed by atoms with Gasteiger partial charge in [-0.3, -0.25) is 9.59 Å².